The van der Waals surface area contributed by atoms with Gasteiger partial charge in [-0.1, -0.05) is 0 Å². The van der Waals surface area contributed by atoms with E-state index in [0.717, 1.165) is 0 Å². The van der Waals surface area contributed by atoms with E-state index in [4.69, 9.17) is 10.2 Å². The Morgan fingerprint density at radius 3 is 1.31 bits per heavy atom. The van der Waals surface area contributed by atoms with Crippen LogP contribution in [0.1, 0.15) is 6.92 Å². The number of rotatable bonds is 1. The highest BCUT2D eigenvalue weighted by Gasteiger charge is 1.92. The molecule has 0 heterocycles. The Morgan fingerprint density at radius 1 is 0.938 bits per heavy atom. The van der Waals surface area contributed by atoms with Crippen LogP contribution >= 0.6 is 0 Å². The fourth-order valence-corrected chi connectivity index (χ4v) is 0.260. The summed E-state index contributed by atoms with van der Waals surface area (Å²) >= 11 is 0. The smallest absolute Gasteiger partial charge is 0.438 e. The second-order valence-corrected chi connectivity index (χ2v) is 1.69. The molecule has 0 amide bonds. The molecule has 0 aliphatic carbocycles. The van der Waals surface area contributed by atoms with Crippen LogP contribution in [0.4, 0.5) is 9.59 Å². The summed E-state index contributed by atoms with van der Waals surface area (Å²) in [6, 6.07) is 0. The number of aliphatic hydroxyl groups excluding tert-OH is 1. The molecule has 0 atom stereocenters. The van der Waals surface area contributed by atoms with Crippen molar-refractivity contribution in [2.75, 3.05) is 34.7 Å². The molecule has 0 aromatic carbocycles. The third-order valence-corrected chi connectivity index (χ3v) is 0.762. The molecule has 0 fully saturated rings. The Labute approximate surface area is 93.7 Å². The molecular formula is C8H18O8. The quantitative estimate of drug-likeness (QED) is 0.492. The molecule has 0 aromatic rings. The molecule has 98 valence electrons. The van der Waals surface area contributed by atoms with E-state index in [2.05, 4.69) is 18.9 Å². The summed E-state index contributed by atoms with van der Waals surface area (Å²) in [5, 5.41) is 14.2. The Hall–Kier alpha value is -1.54. The van der Waals surface area contributed by atoms with Crippen molar-refractivity contribution in [2.24, 2.45) is 0 Å². The monoisotopic (exact) mass is 242 g/mol. The van der Waals surface area contributed by atoms with Crippen LogP contribution in [0.2, 0.25) is 0 Å². The Morgan fingerprint density at radius 2 is 1.25 bits per heavy atom. The lowest BCUT2D eigenvalue weighted by atomic mass is 10.9. The third kappa shape index (κ3) is 29.4. The first kappa shape index (κ1) is 19.9. The largest absolute Gasteiger partial charge is 0.507 e. The molecule has 0 radical (unpaired) electrons. The van der Waals surface area contributed by atoms with Gasteiger partial charge in [-0.3, -0.25) is 0 Å². The number of carbonyl (C=O) groups excluding carboxylic acids is 2. The van der Waals surface area contributed by atoms with Crippen molar-refractivity contribution in [1.82, 2.24) is 0 Å². The first-order valence-electron chi connectivity index (χ1n) is 4.08. The zero-order chi connectivity index (χ0) is 13.4. The number of hydrogen-bond donors (Lipinski definition) is 2. The van der Waals surface area contributed by atoms with Crippen LogP contribution in [0.15, 0.2) is 0 Å². The highest BCUT2D eigenvalue weighted by Crippen LogP contribution is 1.77. The first-order chi connectivity index (χ1) is 7.53. The van der Waals surface area contributed by atoms with Gasteiger partial charge in [0.25, 0.3) is 0 Å². The lowest BCUT2D eigenvalue weighted by Gasteiger charge is -1.94. The van der Waals surface area contributed by atoms with E-state index >= 15 is 0 Å². The summed E-state index contributed by atoms with van der Waals surface area (Å²) in [5.74, 6) is 0. The van der Waals surface area contributed by atoms with Crippen LogP contribution < -0.4 is 0 Å². The third-order valence-electron chi connectivity index (χ3n) is 0.762. The van der Waals surface area contributed by atoms with Crippen LogP contribution in [0.25, 0.3) is 0 Å². The summed E-state index contributed by atoms with van der Waals surface area (Å²) in [5.41, 5.74) is 0. The zero-order valence-electron chi connectivity index (χ0n) is 9.76. The van der Waals surface area contributed by atoms with Crippen LogP contribution in [-0.4, -0.2) is 57.3 Å². The van der Waals surface area contributed by atoms with E-state index in [1.165, 1.54) is 21.3 Å². The van der Waals surface area contributed by atoms with Gasteiger partial charge in [0.05, 0.1) is 27.9 Å². The molecule has 0 saturated heterocycles. The summed E-state index contributed by atoms with van der Waals surface area (Å²) in [6.45, 7) is 1.34. The fourth-order valence-electron chi connectivity index (χ4n) is 0.260. The zero-order valence-corrected chi connectivity index (χ0v) is 9.76. The van der Waals surface area contributed by atoms with Crippen molar-refractivity contribution in [3.63, 3.8) is 0 Å². The minimum absolute atomic E-state index is 0.368. The van der Waals surface area contributed by atoms with Crippen molar-refractivity contribution in [3.05, 3.63) is 0 Å². The molecule has 0 aliphatic rings. The number of ether oxygens (including phenoxy) is 4. The summed E-state index contributed by atoms with van der Waals surface area (Å²) in [7, 11) is 3.79. The molecule has 0 aromatic heterocycles. The average Bonchev–Trinajstić information content (AvgIpc) is 2.30. The van der Waals surface area contributed by atoms with Gasteiger partial charge < -0.3 is 29.2 Å². The first-order valence-corrected chi connectivity index (χ1v) is 4.08. The topological polar surface area (TPSA) is 112 Å². The van der Waals surface area contributed by atoms with Gasteiger partial charge in [0, 0.05) is 0 Å². The Bertz CT molecular complexity index is 152. The minimum atomic E-state index is -0.750. The molecular weight excluding hydrogens is 224 g/mol. The molecule has 0 spiro atoms. The maximum atomic E-state index is 9.97. The number of methoxy groups -OCH3 is 3. The molecule has 0 rings (SSSR count). The van der Waals surface area contributed by atoms with Crippen molar-refractivity contribution < 1.29 is 38.7 Å². The van der Waals surface area contributed by atoms with Gasteiger partial charge in [-0.15, -0.1) is 0 Å². The van der Waals surface area contributed by atoms with Crippen molar-refractivity contribution in [3.8, 4) is 0 Å². The predicted octanol–water partition coefficient (Wildman–Crippen LogP) is 0.117. The molecule has 16 heavy (non-hydrogen) atoms. The summed E-state index contributed by atoms with van der Waals surface area (Å²) in [4.78, 5) is 19.7. The van der Waals surface area contributed by atoms with Gasteiger partial charge in [0.1, 0.15) is 6.79 Å². The van der Waals surface area contributed by atoms with Gasteiger partial charge in [0.2, 0.25) is 0 Å². The second kappa shape index (κ2) is 19.1. The number of hydrogen-bond acceptors (Lipinski definition) is 8. The van der Waals surface area contributed by atoms with E-state index in [9.17, 15) is 9.59 Å². The average molecular weight is 242 g/mol. The van der Waals surface area contributed by atoms with Crippen molar-refractivity contribution >= 4 is 12.3 Å². The fraction of sp³-hybridized carbons (Fsp3) is 0.750. The summed E-state index contributed by atoms with van der Waals surface area (Å²) < 4.78 is 16.5. The maximum absolute atomic E-state index is 9.97. The van der Waals surface area contributed by atoms with Crippen molar-refractivity contribution in [2.45, 2.75) is 6.92 Å². The van der Waals surface area contributed by atoms with Gasteiger partial charge in [-0.05, 0) is 6.92 Å². The highest BCUT2D eigenvalue weighted by molar-refractivity contribution is 5.59. The van der Waals surface area contributed by atoms with Gasteiger partial charge in [-0.25, -0.2) is 9.59 Å². The molecule has 2 N–H and O–H groups in total. The van der Waals surface area contributed by atoms with Gasteiger partial charge >= 0.3 is 12.3 Å². The van der Waals surface area contributed by atoms with Gasteiger partial charge in [-0.2, -0.15) is 0 Å². The van der Waals surface area contributed by atoms with E-state index in [1.54, 1.807) is 6.92 Å². The minimum Gasteiger partial charge on any atom is -0.438 e. The normalized spacial score (nSPS) is 7.12. The van der Waals surface area contributed by atoms with E-state index in [0.29, 0.717) is 6.61 Å². The molecule has 0 aliphatic heterocycles. The Kier molecular flexibility index (Phi) is 23.8. The predicted molar refractivity (Wildman–Crippen MR) is 52.7 cm³/mol. The van der Waals surface area contributed by atoms with Crippen LogP contribution in [0.3, 0.4) is 0 Å². The van der Waals surface area contributed by atoms with E-state index in [-0.39, 0.29) is 0 Å². The van der Waals surface area contributed by atoms with Crippen LogP contribution in [0.5, 0.6) is 0 Å². The van der Waals surface area contributed by atoms with Gasteiger partial charge in [0.15, 0.2) is 0 Å². The SMILES string of the molecule is CCOC(=O)OC.COC(=O)OC.OCO. The second-order valence-electron chi connectivity index (χ2n) is 1.69. The lowest BCUT2D eigenvalue weighted by Crippen LogP contribution is -2.02. The number of aliphatic hydroxyl groups is 2. The lowest BCUT2D eigenvalue weighted by molar-refractivity contribution is 0.0764. The van der Waals surface area contributed by atoms with Crippen LogP contribution in [-0.2, 0) is 18.9 Å². The summed E-state index contributed by atoms with van der Waals surface area (Å²) in [6.07, 6.45) is -1.28. The maximum Gasteiger partial charge on any atom is 0.507 e. The molecule has 0 unspecified atom stereocenters. The standard InChI is InChI=1S/C4H8O3.C3H6O3.CH4O2/c1-3-7-4(5)6-2;1-5-3(4)6-2;2-1-3/h3H2,1-2H3;1-2H3;2-3H,1H2. The van der Waals surface area contributed by atoms with E-state index in [1.807, 2.05) is 0 Å². The number of carbonyl (C=O) groups is 2. The van der Waals surface area contributed by atoms with Crippen molar-refractivity contribution in [1.29, 1.82) is 0 Å². The molecule has 0 bridgehead atoms. The molecule has 8 nitrogen and oxygen atoms in total. The highest BCUT2D eigenvalue weighted by atomic mass is 16.7. The Balaban J connectivity index is -0.000000172. The van der Waals surface area contributed by atoms with E-state index < -0.39 is 19.1 Å². The molecule has 0 saturated carbocycles. The van der Waals surface area contributed by atoms with Crippen LogP contribution in [0, 0.1) is 0 Å². The molecule has 8 heteroatoms.